The zero-order valence-electron chi connectivity index (χ0n) is 22.0. The van der Waals surface area contributed by atoms with Gasteiger partial charge in [0.25, 0.3) is 5.91 Å². The summed E-state index contributed by atoms with van der Waals surface area (Å²) >= 11 is 0. The molecule has 2 aromatic carbocycles. The van der Waals surface area contributed by atoms with Crippen molar-refractivity contribution in [1.29, 1.82) is 5.26 Å². The lowest BCUT2D eigenvalue weighted by Crippen LogP contribution is -2.45. The zero-order chi connectivity index (χ0) is 25.4. The van der Waals surface area contributed by atoms with Crippen LogP contribution in [0.2, 0.25) is 0 Å². The average molecular weight is 464 g/mol. The van der Waals surface area contributed by atoms with Crippen molar-refractivity contribution in [2.24, 2.45) is 0 Å². The third kappa shape index (κ3) is 8.50. The van der Waals surface area contributed by atoms with Gasteiger partial charge in [0.05, 0.1) is 5.60 Å². The van der Waals surface area contributed by atoms with Crippen molar-refractivity contribution in [3.8, 4) is 6.07 Å². The Morgan fingerprint density at radius 2 is 1.65 bits per heavy atom. The fraction of sp³-hybridized carbons (Fsp3) is 0.517. The number of hydrogen-bond donors (Lipinski definition) is 1. The average Bonchev–Trinajstić information content (AvgIpc) is 2.75. The molecule has 0 aliphatic rings. The summed E-state index contributed by atoms with van der Waals surface area (Å²) in [6.45, 7) is 16.9. The van der Waals surface area contributed by atoms with Gasteiger partial charge in [0.2, 0.25) is 0 Å². The molecule has 1 N–H and O–H groups in total. The molecule has 0 aliphatic heterocycles. The van der Waals surface area contributed by atoms with Crippen molar-refractivity contribution < 1.29 is 9.53 Å². The van der Waals surface area contributed by atoms with Gasteiger partial charge in [-0.1, -0.05) is 32.0 Å². The van der Waals surface area contributed by atoms with Crippen LogP contribution in [0.1, 0.15) is 73.3 Å². The highest BCUT2D eigenvalue weighted by molar-refractivity contribution is 6.02. The molecule has 5 heteroatoms. The highest BCUT2D eigenvalue weighted by atomic mass is 16.5. The van der Waals surface area contributed by atoms with Crippen molar-refractivity contribution in [3.63, 3.8) is 0 Å². The quantitative estimate of drug-likeness (QED) is 0.306. The minimum Gasteiger partial charge on any atom is -0.376 e. The summed E-state index contributed by atoms with van der Waals surface area (Å²) in [7, 11) is 0. The summed E-state index contributed by atoms with van der Waals surface area (Å²) < 4.78 is 5.79. The molecule has 0 saturated heterocycles. The van der Waals surface area contributed by atoms with E-state index in [4.69, 9.17) is 4.74 Å². The zero-order valence-corrected chi connectivity index (χ0v) is 22.0. The van der Waals surface area contributed by atoms with Gasteiger partial charge >= 0.3 is 0 Å². The molecule has 0 aromatic heterocycles. The third-order valence-electron chi connectivity index (χ3n) is 5.59. The van der Waals surface area contributed by atoms with E-state index < -0.39 is 5.54 Å². The maximum atomic E-state index is 12.8. The molecule has 34 heavy (non-hydrogen) atoms. The number of anilines is 1. The number of ether oxygens (including phenoxy) is 1. The predicted octanol–water partition coefficient (Wildman–Crippen LogP) is 6.47. The number of nitriles is 1. The van der Waals surface area contributed by atoms with Crippen LogP contribution in [0, 0.1) is 11.3 Å². The maximum Gasteiger partial charge on any atom is 0.262 e. The van der Waals surface area contributed by atoms with Crippen LogP contribution in [-0.4, -0.2) is 36.7 Å². The predicted molar refractivity (Wildman–Crippen MR) is 143 cm³/mol. The number of nitrogens with one attached hydrogen (secondary N) is 1. The summed E-state index contributed by atoms with van der Waals surface area (Å²) in [5.74, 6) is -0.367. The molecule has 0 unspecified atom stereocenters. The molecule has 2 aromatic rings. The Morgan fingerprint density at radius 1 is 1.03 bits per heavy atom. The lowest BCUT2D eigenvalue weighted by atomic mass is 9.99. The number of benzene rings is 2. The number of hydrogen-bond acceptors (Lipinski definition) is 4. The lowest BCUT2D eigenvalue weighted by molar-refractivity contribution is -0.118. The Hall–Kier alpha value is -2.84. The molecule has 1 amide bonds. The number of fused-ring (bicyclic) bond motifs is 1. The van der Waals surface area contributed by atoms with Gasteiger partial charge in [0, 0.05) is 30.9 Å². The number of carbonyl (C=O) groups excluding carboxylic acids is 1. The molecule has 0 radical (unpaired) electrons. The van der Waals surface area contributed by atoms with Gasteiger partial charge in [0.15, 0.2) is 0 Å². The first-order valence-electron chi connectivity index (χ1n) is 12.3. The smallest absolute Gasteiger partial charge is 0.262 e. The van der Waals surface area contributed by atoms with E-state index in [1.807, 2.05) is 46.8 Å². The van der Waals surface area contributed by atoms with Gasteiger partial charge in [-0.2, -0.15) is 5.26 Å². The fourth-order valence-corrected chi connectivity index (χ4v) is 3.81. The van der Waals surface area contributed by atoms with Gasteiger partial charge < -0.3 is 15.0 Å². The first-order valence-corrected chi connectivity index (χ1v) is 12.3. The molecule has 2 rings (SSSR count). The number of carbonyl (C=O) groups is 1. The van der Waals surface area contributed by atoms with Crippen molar-refractivity contribution in [3.05, 3.63) is 47.5 Å². The fourth-order valence-electron chi connectivity index (χ4n) is 3.81. The standard InChI is InChI=1S/C29H41N3O2/c1-8-15-32(16-9-2)26-13-12-23-18-22(10-11-24(23)20-26)19-25(21-30)27(33)31-29(6,7)14-17-34-28(3,4)5/h10-13,18-20H,8-9,14-17H2,1-7H3,(H,31,33). The molecule has 5 nitrogen and oxygen atoms in total. The summed E-state index contributed by atoms with van der Waals surface area (Å²) in [5, 5.41) is 14.9. The van der Waals surface area contributed by atoms with Crippen LogP contribution < -0.4 is 10.2 Å². The van der Waals surface area contributed by atoms with E-state index in [2.05, 4.69) is 54.4 Å². The van der Waals surface area contributed by atoms with Crippen molar-refractivity contribution >= 4 is 28.4 Å². The topological polar surface area (TPSA) is 65.4 Å². The number of nitrogens with zero attached hydrogens (tertiary/aromatic N) is 2. The van der Waals surface area contributed by atoms with E-state index >= 15 is 0 Å². The van der Waals surface area contributed by atoms with Gasteiger partial charge in [0.1, 0.15) is 11.6 Å². The lowest BCUT2D eigenvalue weighted by Gasteiger charge is -2.28. The summed E-state index contributed by atoms with van der Waals surface area (Å²) in [6.07, 6.45) is 4.54. The molecule has 0 atom stereocenters. The van der Waals surface area contributed by atoms with E-state index in [-0.39, 0.29) is 17.1 Å². The second-order valence-corrected chi connectivity index (χ2v) is 10.5. The van der Waals surface area contributed by atoms with Crippen LogP contribution in [0.4, 0.5) is 5.69 Å². The summed E-state index contributed by atoms with van der Waals surface area (Å²) in [6, 6.07) is 14.6. The molecule has 184 valence electrons. The Balaban J connectivity index is 2.17. The normalized spacial score (nSPS) is 12.5. The SMILES string of the molecule is CCCN(CCC)c1ccc2cc(C=C(C#N)C(=O)NC(C)(C)CCOC(C)(C)C)ccc2c1. The van der Waals surface area contributed by atoms with Crippen molar-refractivity contribution in [2.75, 3.05) is 24.6 Å². The minimum atomic E-state index is -0.485. The van der Waals surface area contributed by atoms with Crippen LogP contribution in [0.5, 0.6) is 0 Å². The van der Waals surface area contributed by atoms with E-state index in [0.29, 0.717) is 13.0 Å². The summed E-state index contributed by atoms with van der Waals surface area (Å²) in [4.78, 5) is 15.2. The second kappa shape index (κ2) is 12.0. The summed E-state index contributed by atoms with van der Waals surface area (Å²) in [5.41, 5.74) is 1.45. The Bertz CT molecular complexity index is 1040. The minimum absolute atomic E-state index is 0.0952. The van der Waals surface area contributed by atoms with Crippen LogP contribution in [0.3, 0.4) is 0 Å². The molecule has 0 heterocycles. The van der Waals surface area contributed by atoms with Gasteiger partial charge in [-0.05, 0) is 94.5 Å². The van der Waals surface area contributed by atoms with Crippen LogP contribution in [0.15, 0.2) is 42.0 Å². The Morgan fingerprint density at radius 3 is 2.24 bits per heavy atom. The molecule has 0 fully saturated rings. The number of amides is 1. The van der Waals surface area contributed by atoms with Crippen LogP contribution in [-0.2, 0) is 9.53 Å². The van der Waals surface area contributed by atoms with E-state index in [1.54, 1.807) is 6.08 Å². The molecular weight excluding hydrogens is 422 g/mol. The number of rotatable bonds is 11. The first-order chi connectivity index (χ1) is 16.0. The first kappa shape index (κ1) is 27.4. The Labute approximate surface area is 205 Å². The van der Waals surface area contributed by atoms with E-state index in [1.165, 1.54) is 5.69 Å². The molecule has 0 bridgehead atoms. The molecule has 0 saturated carbocycles. The third-order valence-corrected chi connectivity index (χ3v) is 5.59. The van der Waals surface area contributed by atoms with Gasteiger partial charge in [-0.25, -0.2) is 0 Å². The van der Waals surface area contributed by atoms with Gasteiger partial charge in [-0.3, -0.25) is 4.79 Å². The largest absolute Gasteiger partial charge is 0.376 e. The molecule has 0 aliphatic carbocycles. The van der Waals surface area contributed by atoms with Crippen LogP contribution >= 0.6 is 0 Å². The van der Waals surface area contributed by atoms with Crippen molar-refractivity contribution in [2.45, 2.75) is 78.9 Å². The van der Waals surface area contributed by atoms with Crippen molar-refractivity contribution in [1.82, 2.24) is 5.32 Å². The van der Waals surface area contributed by atoms with Gasteiger partial charge in [-0.15, -0.1) is 0 Å². The monoisotopic (exact) mass is 463 g/mol. The van der Waals surface area contributed by atoms with E-state index in [9.17, 15) is 10.1 Å². The Kier molecular flexibility index (Phi) is 9.70. The highest BCUT2D eigenvalue weighted by Gasteiger charge is 2.23. The van der Waals surface area contributed by atoms with E-state index in [0.717, 1.165) is 42.3 Å². The molecule has 0 spiro atoms. The maximum absolute atomic E-state index is 12.8. The van der Waals surface area contributed by atoms with Crippen LogP contribution in [0.25, 0.3) is 16.8 Å². The highest BCUT2D eigenvalue weighted by Crippen LogP contribution is 2.25. The molecular formula is C29H41N3O2. The second-order valence-electron chi connectivity index (χ2n) is 10.5.